The Balaban J connectivity index is 2.01. The van der Waals surface area contributed by atoms with E-state index in [2.05, 4.69) is 6.92 Å². The minimum absolute atomic E-state index is 0.157. The normalized spacial score (nSPS) is 45.9. The lowest BCUT2D eigenvalue weighted by Crippen LogP contribution is -2.13. The van der Waals surface area contributed by atoms with Gasteiger partial charge >= 0.3 is 0 Å². The van der Waals surface area contributed by atoms with Crippen LogP contribution < -0.4 is 0 Å². The van der Waals surface area contributed by atoms with Gasteiger partial charge < -0.3 is 9.47 Å². The summed E-state index contributed by atoms with van der Waals surface area (Å²) < 4.78 is 10.8. The maximum atomic E-state index is 5.46. The molecule has 2 aliphatic rings. The Morgan fingerprint density at radius 3 is 3.10 bits per heavy atom. The topological polar surface area (TPSA) is 18.5 Å². The Morgan fingerprint density at radius 2 is 2.30 bits per heavy atom. The predicted octanol–water partition coefficient (Wildman–Crippen LogP) is 1.41. The van der Waals surface area contributed by atoms with Gasteiger partial charge in [0.05, 0.1) is 13.2 Å². The molecule has 10 heavy (non-hydrogen) atoms. The summed E-state index contributed by atoms with van der Waals surface area (Å²) in [4.78, 5) is 0. The molecule has 2 heteroatoms. The maximum absolute atomic E-state index is 5.46. The van der Waals surface area contributed by atoms with E-state index in [1.807, 2.05) is 0 Å². The molecule has 0 N–H and O–H groups in total. The van der Waals surface area contributed by atoms with Crippen molar-refractivity contribution in [3.05, 3.63) is 0 Å². The zero-order chi connectivity index (χ0) is 6.97. The van der Waals surface area contributed by atoms with E-state index >= 15 is 0 Å². The third-order valence-corrected chi connectivity index (χ3v) is 2.69. The average molecular weight is 142 g/mol. The molecule has 2 fully saturated rings. The van der Waals surface area contributed by atoms with Crippen molar-refractivity contribution < 1.29 is 9.47 Å². The zero-order valence-electron chi connectivity index (χ0n) is 6.38. The molecule has 58 valence electrons. The molecular formula is C8H14O2. The van der Waals surface area contributed by atoms with Gasteiger partial charge in [0.1, 0.15) is 0 Å². The van der Waals surface area contributed by atoms with E-state index in [0.717, 1.165) is 19.1 Å². The van der Waals surface area contributed by atoms with Crippen LogP contribution in [0.3, 0.4) is 0 Å². The van der Waals surface area contributed by atoms with Gasteiger partial charge in [-0.2, -0.15) is 0 Å². The molecule has 0 aromatic heterocycles. The minimum atomic E-state index is 0.157. The van der Waals surface area contributed by atoms with Crippen LogP contribution in [0.4, 0.5) is 0 Å². The van der Waals surface area contributed by atoms with Crippen LogP contribution in [0.5, 0.6) is 0 Å². The first kappa shape index (κ1) is 6.62. The fourth-order valence-corrected chi connectivity index (χ4v) is 1.97. The molecule has 0 aromatic rings. The number of fused-ring (bicyclic) bond motifs is 1. The van der Waals surface area contributed by atoms with Gasteiger partial charge in [0.2, 0.25) is 0 Å². The average Bonchev–Trinajstić information content (AvgIpc) is 2.44. The first-order valence-corrected chi connectivity index (χ1v) is 4.15. The summed E-state index contributed by atoms with van der Waals surface area (Å²) in [6.45, 7) is 4.06. The van der Waals surface area contributed by atoms with E-state index in [0.29, 0.717) is 5.92 Å². The second-order valence-electron chi connectivity index (χ2n) is 3.19. The van der Waals surface area contributed by atoms with Crippen molar-refractivity contribution in [1.29, 1.82) is 0 Å². The molecule has 2 aliphatic heterocycles. The van der Waals surface area contributed by atoms with Crippen molar-refractivity contribution >= 4 is 0 Å². The van der Waals surface area contributed by atoms with Gasteiger partial charge in [-0.1, -0.05) is 13.3 Å². The quantitative estimate of drug-likeness (QED) is 0.551. The van der Waals surface area contributed by atoms with Crippen LogP contribution in [0.1, 0.15) is 19.8 Å². The summed E-state index contributed by atoms with van der Waals surface area (Å²) in [6, 6.07) is 0. The van der Waals surface area contributed by atoms with E-state index in [1.54, 1.807) is 0 Å². The fraction of sp³-hybridized carbons (Fsp3) is 1.00. The fourth-order valence-electron chi connectivity index (χ4n) is 1.97. The first-order chi connectivity index (χ1) is 4.92. The van der Waals surface area contributed by atoms with E-state index in [4.69, 9.17) is 9.47 Å². The first-order valence-electron chi connectivity index (χ1n) is 4.15. The van der Waals surface area contributed by atoms with Crippen molar-refractivity contribution in [2.24, 2.45) is 11.8 Å². The van der Waals surface area contributed by atoms with Gasteiger partial charge in [-0.15, -0.1) is 0 Å². The molecule has 2 nitrogen and oxygen atoms in total. The maximum Gasteiger partial charge on any atom is 0.160 e. The molecule has 0 aliphatic carbocycles. The number of rotatable bonds is 1. The van der Waals surface area contributed by atoms with E-state index in [-0.39, 0.29) is 6.29 Å². The third-order valence-electron chi connectivity index (χ3n) is 2.69. The summed E-state index contributed by atoms with van der Waals surface area (Å²) in [5.41, 5.74) is 0. The van der Waals surface area contributed by atoms with Crippen LogP contribution in [-0.2, 0) is 9.47 Å². The van der Waals surface area contributed by atoms with E-state index < -0.39 is 0 Å². The van der Waals surface area contributed by atoms with Crippen LogP contribution in [-0.4, -0.2) is 19.5 Å². The highest BCUT2D eigenvalue weighted by Crippen LogP contribution is 2.36. The smallest absolute Gasteiger partial charge is 0.160 e. The molecule has 0 radical (unpaired) electrons. The van der Waals surface area contributed by atoms with Gasteiger partial charge in [-0.05, 0) is 12.3 Å². The molecule has 2 rings (SSSR count). The van der Waals surface area contributed by atoms with Gasteiger partial charge in [-0.25, -0.2) is 0 Å². The van der Waals surface area contributed by atoms with E-state index in [9.17, 15) is 0 Å². The van der Waals surface area contributed by atoms with Crippen LogP contribution in [0.25, 0.3) is 0 Å². The number of hydrogen-bond donors (Lipinski definition) is 0. The van der Waals surface area contributed by atoms with Crippen molar-refractivity contribution in [3.63, 3.8) is 0 Å². The highest BCUT2D eigenvalue weighted by molar-refractivity contribution is 4.81. The monoisotopic (exact) mass is 142 g/mol. The van der Waals surface area contributed by atoms with Gasteiger partial charge in [0, 0.05) is 5.92 Å². The van der Waals surface area contributed by atoms with Gasteiger partial charge in [0.15, 0.2) is 6.29 Å². The number of hydrogen-bond acceptors (Lipinski definition) is 2. The Morgan fingerprint density at radius 1 is 1.40 bits per heavy atom. The molecule has 0 spiro atoms. The van der Waals surface area contributed by atoms with Crippen molar-refractivity contribution in [3.8, 4) is 0 Å². The Hall–Kier alpha value is -0.0800. The predicted molar refractivity (Wildman–Crippen MR) is 37.6 cm³/mol. The highest BCUT2D eigenvalue weighted by Gasteiger charge is 2.40. The zero-order valence-corrected chi connectivity index (χ0v) is 6.38. The molecule has 0 amide bonds. The summed E-state index contributed by atoms with van der Waals surface area (Å²) in [5.74, 6) is 1.48. The summed E-state index contributed by atoms with van der Waals surface area (Å²) in [6.07, 6.45) is 2.61. The molecule has 2 heterocycles. The second kappa shape index (κ2) is 2.51. The second-order valence-corrected chi connectivity index (χ2v) is 3.19. The molecule has 0 saturated carbocycles. The lowest BCUT2D eigenvalue weighted by molar-refractivity contribution is -0.0905. The van der Waals surface area contributed by atoms with Crippen LogP contribution in [0.2, 0.25) is 0 Å². The minimum Gasteiger partial charge on any atom is -0.352 e. The lowest BCUT2D eigenvalue weighted by atomic mass is 9.91. The molecule has 3 atom stereocenters. The standard InChI is InChI=1S/C8H14O2/c1-2-6-5-10-8-7(6)3-4-9-8/h6-8H,2-5H2,1H3/t6-,7-,8+/m0/s1. The Kier molecular flexibility index (Phi) is 1.66. The van der Waals surface area contributed by atoms with Crippen molar-refractivity contribution in [2.75, 3.05) is 13.2 Å². The lowest BCUT2D eigenvalue weighted by Gasteiger charge is -2.10. The molecule has 0 unspecified atom stereocenters. The molecule has 0 bridgehead atoms. The Bertz CT molecular complexity index is 124. The highest BCUT2D eigenvalue weighted by atomic mass is 16.7. The van der Waals surface area contributed by atoms with Crippen LogP contribution in [0.15, 0.2) is 0 Å². The summed E-state index contributed by atoms with van der Waals surface area (Å²) in [7, 11) is 0. The number of ether oxygens (including phenoxy) is 2. The summed E-state index contributed by atoms with van der Waals surface area (Å²) in [5, 5.41) is 0. The summed E-state index contributed by atoms with van der Waals surface area (Å²) >= 11 is 0. The Labute approximate surface area is 61.5 Å². The SMILES string of the molecule is CC[C@H]1CO[C@H]2OCC[C@@H]12. The molecule has 0 aromatic carbocycles. The van der Waals surface area contributed by atoms with Crippen molar-refractivity contribution in [1.82, 2.24) is 0 Å². The van der Waals surface area contributed by atoms with E-state index in [1.165, 1.54) is 12.8 Å². The third kappa shape index (κ3) is 0.867. The molecule has 2 saturated heterocycles. The van der Waals surface area contributed by atoms with Crippen LogP contribution >= 0.6 is 0 Å². The molecular weight excluding hydrogens is 128 g/mol. The van der Waals surface area contributed by atoms with Gasteiger partial charge in [0.25, 0.3) is 0 Å². The largest absolute Gasteiger partial charge is 0.352 e. The van der Waals surface area contributed by atoms with Gasteiger partial charge in [-0.3, -0.25) is 0 Å². The van der Waals surface area contributed by atoms with Crippen LogP contribution in [0, 0.1) is 11.8 Å². The van der Waals surface area contributed by atoms with Crippen molar-refractivity contribution in [2.45, 2.75) is 26.1 Å².